The molecule has 0 atom stereocenters. The van der Waals surface area contributed by atoms with Crippen molar-refractivity contribution in [2.45, 2.75) is 17.9 Å². The van der Waals surface area contributed by atoms with Gasteiger partial charge in [0, 0.05) is 11.4 Å². The summed E-state index contributed by atoms with van der Waals surface area (Å²) in [4.78, 5) is 1.27. The van der Waals surface area contributed by atoms with E-state index in [1.165, 1.54) is 22.6 Å². The van der Waals surface area contributed by atoms with E-state index in [9.17, 15) is 0 Å². The average molecular weight is 299 g/mol. The smallest absolute Gasteiger partial charge is 0.162 e. The standard InChI is InChI=1S/C14H21NO2S2/c1-18-7-3-4-15-10-11-8-12-13(9-14(11)19-2)17-6-5-16-12/h8-9,15H,3-7,10H2,1-2H3. The Hall–Kier alpha value is -0.520. The second-order valence-corrected chi connectivity index (χ2v) is 6.16. The number of hydrogen-bond donors (Lipinski definition) is 1. The van der Waals surface area contributed by atoms with Crippen LogP contribution in [0.15, 0.2) is 17.0 Å². The normalized spacial score (nSPS) is 13.6. The van der Waals surface area contributed by atoms with Crippen LogP contribution < -0.4 is 14.8 Å². The average Bonchev–Trinajstić information content (AvgIpc) is 2.46. The number of hydrogen-bond acceptors (Lipinski definition) is 5. The van der Waals surface area contributed by atoms with E-state index < -0.39 is 0 Å². The molecule has 1 aliphatic heterocycles. The number of benzene rings is 1. The predicted molar refractivity (Wildman–Crippen MR) is 83.9 cm³/mol. The lowest BCUT2D eigenvalue weighted by molar-refractivity contribution is 0.171. The molecule has 0 fully saturated rings. The molecular weight excluding hydrogens is 278 g/mol. The fourth-order valence-electron chi connectivity index (χ4n) is 2.00. The maximum absolute atomic E-state index is 5.64. The molecule has 0 saturated carbocycles. The van der Waals surface area contributed by atoms with Gasteiger partial charge in [-0.05, 0) is 48.9 Å². The molecule has 0 unspecified atom stereocenters. The molecule has 106 valence electrons. The van der Waals surface area contributed by atoms with Crippen LogP contribution in [-0.4, -0.2) is 38.0 Å². The van der Waals surface area contributed by atoms with Gasteiger partial charge in [0.15, 0.2) is 11.5 Å². The molecule has 0 saturated heterocycles. The molecule has 0 aromatic heterocycles. The van der Waals surface area contributed by atoms with Gasteiger partial charge in [0.2, 0.25) is 0 Å². The third kappa shape index (κ3) is 4.23. The second kappa shape index (κ2) is 7.92. The molecule has 1 aromatic carbocycles. The van der Waals surface area contributed by atoms with Crippen LogP contribution in [0.5, 0.6) is 11.5 Å². The number of fused-ring (bicyclic) bond motifs is 1. The maximum atomic E-state index is 5.64. The lowest BCUT2D eigenvalue weighted by Crippen LogP contribution is -2.18. The van der Waals surface area contributed by atoms with Gasteiger partial charge in [0.25, 0.3) is 0 Å². The van der Waals surface area contributed by atoms with Crippen LogP contribution in [0, 0.1) is 0 Å². The molecule has 1 N–H and O–H groups in total. The quantitative estimate of drug-likeness (QED) is 0.618. The highest BCUT2D eigenvalue weighted by molar-refractivity contribution is 7.98. The lowest BCUT2D eigenvalue weighted by atomic mass is 10.2. The van der Waals surface area contributed by atoms with Gasteiger partial charge in [-0.2, -0.15) is 11.8 Å². The summed E-state index contributed by atoms with van der Waals surface area (Å²) >= 11 is 3.65. The van der Waals surface area contributed by atoms with Gasteiger partial charge < -0.3 is 14.8 Å². The van der Waals surface area contributed by atoms with Crippen LogP contribution in [0.4, 0.5) is 0 Å². The van der Waals surface area contributed by atoms with Crippen LogP contribution in [0.2, 0.25) is 0 Å². The van der Waals surface area contributed by atoms with Crippen LogP contribution in [-0.2, 0) is 6.54 Å². The molecular formula is C14H21NO2S2. The van der Waals surface area contributed by atoms with Gasteiger partial charge in [-0.15, -0.1) is 11.8 Å². The van der Waals surface area contributed by atoms with Crippen molar-refractivity contribution in [3.63, 3.8) is 0 Å². The van der Waals surface area contributed by atoms with Gasteiger partial charge in [0.1, 0.15) is 13.2 Å². The largest absolute Gasteiger partial charge is 0.486 e. The van der Waals surface area contributed by atoms with Gasteiger partial charge in [0.05, 0.1) is 0 Å². The van der Waals surface area contributed by atoms with Crippen molar-refractivity contribution in [1.82, 2.24) is 5.32 Å². The molecule has 2 rings (SSSR count). The number of ether oxygens (including phenoxy) is 2. The Balaban J connectivity index is 1.98. The van der Waals surface area contributed by atoms with E-state index in [-0.39, 0.29) is 0 Å². The first-order valence-electron chi connectivity index (χ1n) is 6.51. The third-order valence-electron chi connectivity index (χ3n) is 2.96. The summed E-state index contributed by atoms with van der Waals surface area (Å²) in [5.41, 5.74) is 1.29. The molecule has 19 heavy (non-hydrogen) atoms. The molecule has 0 amide bonds. The molecule has 5 heteroatoms. The van der Waals surface area contributed by atoms with E-state index in [4.69, 9.17) is 9.47 Å². The first kappa shape index (κ1) is 14.9. The summed E-state index contributed by atoms with van der Waals surface area (Å²) < 4.78 is 11.3. The van der Waals surface area contributed by atoms with Gasteiger partial charge in [-0.25, -0.2) is 0 Å². The molecule has 1 aromatic rings. The Bertz CT molecular complexity index is 413. The summed E-state index contributed by atoms with van der Waals surface area (Å²) in [6.07, 6.45) is 5.45. The molecule has 0 bridgehead atoms. The zero-order chi connectivity index (χ0) is 13.5. The van der Waals surface area contributed by atoms with Crippen LogP contribution in [0.25, 0.3) is 0 Å². The summed E-state index contributed by atoms with van der Waals surface area (Å²) in [6, 6.07) is 4.21. The molecule has 1 aliphatic rings. The van der Waals surface area contributed by atoms with Crippen LogP contribution in [0.3, 0.4) is 0 Å². The van der Waals surface area contributed by atoms with E-state index in [2.05, 4.69) is 30.0 Å². The minimum atomic E-state index is 0.645. The van der Waals surface area contributed by atoms with Gasteiger partial charge in [-0.1, -0.05) is 0 Å². The van der Waals surface area contributed by atoms with E-state index in [0.717, 1.165) is 24.6 Å². The van der Waals surface area contributed by atoms with Crippen molar-refractivity contribution in [3.05, 3.63) is 17.7 Å². The van der Waals surface area contributed by atoms with Crippen LogP contribution >= 0.6 is 23.5 Å². The third-order valence-corrected chi connectivity index (χ3v) is 4.48. The SMILES string of the molecule is CSCCCNCc1cc2c(cc1SC)OCCO2. The fourth-order valence-corrected chi connectivity index (χ4v) is 3.06. The monoisotopic (exact) mass is 299 g/mol. The Labute approximate surface area is 123 Å². The van der Waals surface area contributed by atoms with Crippen molar-refractivity contribution in [2.75, 3.05) is 38.0 Å². The zero-order valence-electron chi connectivity index (χ0n) is 11.5. The van der Waals surface area contributed by atoms with E-state index in [1.807, 2.05) is 11.8 Å². The first-order chi connectivity index (χ1) is 9.35. The molecule has 0 radical (unpaired) electrons. The van der Waals surface area contributed by atoms with Crippen LogP contribution in [0.1, 0.15) is 12.0 Å². The van der Waals surface area contributed by atoms with Crippen molar-refractivity contribution in [3.8, 4) is 11.5 Å². The Kier molecular flexibility index (Phi) is 6.20. The molecule has 0 aliphatic carbocycles. The van der Waals surface area contributed by atoms with Crippen molar-refractivity contribution in [2.24, 2.45) is 0 Å². The second-order valence-electron chi connectivity index (χ2n) is 4.33. The number of nitrogens with one attached hydrogen (secondary N) is 1. The predicted octanol–water partition coefficient (Wildman–Crippen LogP) is 3.02. The van der Waals surface area contributed by atoms with E-state index in [1.54, 1.807) is 11.8 Å². The molecule has 3 nitrogen and oxygen atoms in total. The number of thioether (sulfide) groups is 2. The van der Waals surface area contributed by atoms with Gasteiger partial charge >= 0.3 is 0 Å². The lowest BCUT2D eigenvalue weighted by Gasteiger charge is -2.21. The highest BCUT2D eigenvalue weighted by Gasteiger charge is 2.15. The summed E-state index contributed by atoms with van der Waals surface area (Å²) in [7, 11) is 0. The first-order valence-corrected chi connectivity index (χ1v) is 9.13. The van der Waals surface area contributed by atoms with Crippen molar-refractivity contribution < 1.29 is 9.47 Å². The Morgan fingerprint density at radius 1 is 1.16 bits per heavy atom. The molecule has 1 heterocycles. The zero-order valence-corrected chi connectivity index (χ0v) is 13.2. The topological polar surface area (TPSA) is 30.5 Å². The molecule has 0 spiro atoms. The summed E-state index contributed by atoms with van der Waals surface area (Å²) in [5.74, 6) is 2.97. The van der Waals surface area contributed by atoms with Crippen molar-refractivity contribution in [1.29, 1.82) is 0 Å². The summed E-state index contributed by atoms with van der Waals surface area (Å²) in [6.45, 7) is 3.24. The van der Waals surface area contributed by atoms with Crippen molar-refractivity contribution >= 4 is 23.5 Å². The Morgan fingerprint density at radius 2 is 1.89 bits per heavy atom. The fraction of sp³-hybridized carbons (Fsp3) is 0.571. The number of rotatable bonds is 7. The van der Waals surface area contributed by atoms with E-state index >= 15 is 0 Å². The maximum Gasteiger partial charge on any atom is 0.162 e. The minimum Gasteiger partial charge on any atom is -0.486 e. The highest BCUT2D eigenvalue weighted by atomic mass is 32.2. The van der Waals surface area contributed by atoms with Gasteiger partial charge in [-0.3, -0.25) is 0 Å². The minimum absolute atomic E-state index is 0.645. The summed E-state index contributed by atoms with van der Waals surface area (Å²) in [5, 5.41) is 3.49. The Morgan fingerprint density at radius 3 is 2.58 bits per heavy atom. The van der Waals surface area contributed by atoms with E-state index in [0.29, 0.717) is 13.2 Å². The highest BCUT2D eigenvalue weighted by Crippen LogP contribution is 2.36.